The predicted octanol–water partition coefficient (Wildman–Crippen LogP) is 5.21. The number of likely N-dealkylation sites (N-methyl/N-ethyl adjacent to an activating group) is 1. The quantitative estimate of drug-likeness (QED) is 0.508. The molecule has 2 aromatic carbocycles. The maximum atomic E-state index is 12.8. The summed E-state index contributed by atoms with van der Waals surface area (Å²) in [5.74, 6) is 0.823. The molecule has 0 aliphatic heterocycles. The van der Waals surface area contributed by atoms with Gasteiger partial charge < -0.3 is 15.0 Å². The Bertz CT molecular complexity index is 999. The molecule has 0 atom stereocenters. The van der Waals surface area contributed by atoms with Gasteiger partial charge >= 0.3 is 0 Å². The molecule has 5 nitrogen and oxygen atoms in total. The minimum Gasteiger partial charge on any atom is -0.490 e. The number of Topliss-reactive ketones (excluding diaryl/α,β-unsaturated/α-hetero) is 1. The van der Waals surface area contributed by atoms with Crippen molar-refractivity contribution in [3.05, 3.63) is 59.8 Å². The molecule has 0 unspecified atom stereocenters. The Hall–Kier alpha value is -2.92. The molecule has 1 aromatic heterocycles. The lowest BCUT2D eigenvalue weighted by molar-refractivity contribution is 0.0982. The lowest BCUT2D eigenvalue weighted by Gasteiger charge is -2.17. The number of aromatic nitrogens is 1. The van der Waals surface area contributed by atoms with E-state index in [-0.39, 0.29) is 5.78 Å². The molecule has 0 aliphatic rings. The Morgan fingerprint density at radius 1 is 1.14 bits per heavy atom. The Kier molecular flexibility index (Phi) is 6.83. The van der Waals surface area contributed by atoms with Crippen molar-refractivity contribution in [2.75, 3.05) is 32.6 Å². The highest BCUT2D eigenvalue weighted by atomic mass is 16.5. The molecule has 0 radical (unpaired) electrons. The summed E-state index contributed by atoms with van der Waals surface area (Å²) in [6.45, 7) is 5.45. The van der Waals surface area contributed by atoms with Crippen LogP contribution in [0.15, 0.2) is 48.7 Å². The van der Waals surface area contributed by atoms with E-state index in [4.69, 9.17) is 4.74 Å². The number of ketones is 1. The molecule has 0 saturated carbocycles. The van der Waals surface area contributed by atoms with Gasteiger partial charge in [-0.15, -0.1) is 0 Å². The van der Waals surface area contributed by atoms with E-state index >= 15 is 0 Å². The maximum absolute atomic E-state index is 12.8. The number of para-hydroxylation sites is 2. The first-order valence-corrected chi connectivity index (χ1v) is 10.1. The van der Waals surface area contributed by atoms with Gasteiger partial charge in [-0.05, 0) is 45.1 Å². The van der Waals surface area contributed by atoms with E-state index in [2.05, 4.69) is 28.2 Å². The Balaban J connectivity index is 2.09. The Labute approximate surface area is 172 Å². The highest BCUT2D eigenvalue weighted by molar-refractivity contribution is 6.09. The number of nitrogens with zero attached hydrogens (tertiary/aromatic N) is 2. The SMILES string of the molecule is CCCC(=O)c1cnc2c(OCCN(C)C)cccc2c1Nc1ccccc1C. The molecule has 0 spiro atoms. The minimum absolute atomic E-state index is 0.0944. The molecule has 1 N–H and O–H groups in total. The molecule has 29 heavy (non-hydrogen) atoms. The number of aryl methyl sites for hydroxylation is 1. The fourth-order valence-electron chi connectivity index (χ4n) is 3.21. The van der Waals surface area contributed by atoms with Crippen LogP contribution in [0.1, 0.15) is 35.7 Å². The third kappa shape index (κ3) is 4.93. The van der Waals surface area contributed by atoms with Crippen LogP contribution in [-0.4, -0.2) is 42.9 Å². The molecule has 0 amide bonds. The molecular weight excluding hydrogens is 362 g/mol. The number of nitrogens with one attached hydrogen (secondary N) is 1. The average molecular weight is 392 g/mol. The summed E-state index contributed by atoms with van der Waals surface area (Å²) in [5.41, 5.74) is 4.26. The number of ether oxygens (including phenoxy) is 1. The summed E-state index contributed by atoms with van der Waals surface area (Å²) in [4.78, 5) is 19.5. The molecule has 5 heteroatoms. The number of anilines is 2. The minimum atomic E-state index is 0.0944. The van der Waals surface area contributed by atoms with Crippen molar-refractivity contribution in [1.82, 2.24) is 9.88 Å². The highest BCUT2D eigenvalue weighted by Crippen LogP contribution is 2.35. The van der Waals surface area contributed by atoms with Gasteiger partial charge in [0.05, 0.1) is 11.3 Å². The number of carbonyl (C=O) groups excluding carboxylic acids is 1. The molecule has 3 rings (SSSR count). The number of pyridine rings is 1. The van der Waals surface area contributed by atoms with E-state index in [0.29, 0.717) is 18.6 Å². The average Bonchev–Trinajstić information content (AvgIpc) is 2.70. The number of benzene rings is 2. The van der Waals surface area contributed by atoms with Crippen molar-refractivity contribution in [3.63, 3.8) is 0 Å². The van der Waals surface area contributed by atoms with Crippen LogP contribution < -0.4 is 10.1 Å². The van der Waals surface area contributed by atoms with E-state index in [9.17, 15) is 4.79 Å². The summed E-state index contributed by atoms with van der Waals surface area (Å²) in [5, 5.41) is 4.39. The fraction of sp³-hybridized carbons (Fsp3) is 0.333. The first-order chi connectivity index (χ1) is 14.0. The number of hydrogen-bond donors (Lipinski definition) is 1. The van der Waals surface area contributed by atoms with Crippen LogP contribution >= 0.6 is 0 Å². The maximum Gasteiger partial charge on any atom is 0.166 e. The zero-order valence-corrected chi connectivity index (χ0v) is 17.7. The Morgan fingerprint density at radius 2 is 1.93 bits per heavy atom. The lowest BCUT2D eigenvalue weighted by atomic mass is 10.0. The van der Waals surface area contributed by atoms with Crippen LogP contribution in [0.25, 0.3) is 10.9 Å². The van der Waals surface area contributed by atoms with Crippen molar-refractivity contribution < 1.29 is 9.53 Å². The number of hydrogen-bond acceptors (Lipinski definition) is 5. The van der Waals surface area contributed by atoms with Gasteiger partial charge in [-0.3, -0.25) is 9.78 Å². The van der Waals surface area contributed by atoms with Gasteiger partial charge in [-0.25, -0.2) is 0 Å². The monoisotopic (exact) mass is 391 g/mol. The van der Waals surface area contributed by atoms with Crippen molar-refractivity contribution >= 4 is 28.1 Å². The molecule has 0 saturated heterocycles. The summed E-state index contributed by atoms with van der Waals surface area (Å²) in [6, 6.07) is 13.9. The number of carbonyl (C=O) groups is 1. The van der Waals surface area contributed by atoms with Gasteiger partial charge in [0, 0.05) is 30.2 Å². The fourth-order valence-corrected chi connectivity index (χ4v) is 3.21. The zero-order chi connectivity index (χ0) is 20.8. The van der Waals surface area contributed by atoms with Crippen LogP contribution in [0.5, 0.6) is 5.75 Å². The van der Waals surface area contributed by atoms with E-state index in [1.54, 1.807) is 6.20 Å². The highest BCUT2D eigenvalue weighted by Gasteiger charge is 2.17. The molecule has 152 valence electrons. The summed E-state index contributed by atoms with van der Waals surface area (Å²) in [7, 11) is 4.03. The third-order valence-corrected chi connectivity index (χ3v) is 4.84. The summed E-state index contributed by atoms with van der Waals surface area (Å²) >= 11 is 0. The lowest BCUT2D eigenvalue weighted by Crippen LogP contribution is -2.19. The van der Waals surface area contributed by atoms with Crippen molar-refractivity contribution in [2.24, 2.45) is 0 Å². The number of fused-ring (bicyclic) bond motifs is 1. The Morgan fingerprint density at radius 3 is 2.66 bits per heavy atom. The predicted molar refractivity (Wildman–Crippen MR) is 119 cm³/mol. The van der Waals surface area contributed by atoms with Crippen LogP contribution in [0.3, 0.4) is 0 Å². The third-order valence-electron chi connectivity index (χ3n) is 4.84. The second-order valence-corrected chi connectivity index (χ2v) is 7.46. The van der Waals surface area contributed by atoms with Crippen LogP contribution in [0.2, 0.25) is 0 Å². The smallest absolute Gasteiger partial charge is 0.166 e. The first kappa shape index (κ1) is 20.8. The molecule has 0 bridgehead atoms. The summed E-state index contributed by atoms with van der Waals surface area (Å²) < 4.78 is 5.99. The van der Waals surface area contributed by atoms with Gasteiger partial charge in [0.1, 0.15) is 17.9 Å². The van der Waals surface area contributed by atoms with Gasteiger partial charge in [-0.1, -0.05) is 37.3 Å². The van der Waals surface area contributed by atoms with Gasteiger partial charge in [0.15, 0.2) is 5.78 Å². The van der Waals surface area contributed by atoms with Gasteiger partial charge in [-0.2, -0.15) is 0 Å². The second-order valence-electron chi connectivity index (χ2n) is 7.46. The molecular formula is C24H29N3O2. The van der Waals surface area contributed by atoms with Gasteiger partial charge in [0.2, 0.25) is 0 Å². The normalized spacial score (nSPS) is 11.1. The number of rotatable bonds is 9. The van der Waals surface area contributed by atoms with Crippen LogP contribution in [0, 0.1) is 6.92 Å². The molecule has 0 aliphatic carbocycles. The van der Waals surface area contributed by atoms with E-state index in [0.717, 1.165) is 46.6 Å². The van der Waals surface area contributed by atoms with Crippen LogP contribution in [-0.2, 0) is 0 Å². The van der Waals surface area contributed by atoms with Crippen molar-refractivity contribution in [1.29, 1.82) is 0 Å². The van der Waals surface area contributed by atoms with E-state index in [1.165, 1.54) is 0 Å². The molecule has 3 aromatic rings. The van der Waals surface area contributed by atoms with Crippen LogP contribution in [0.4, 0.5) is 11.4 Å². The first-order valence-electron chi connectivity index (χ1n) is 10.1. The molecule has 1 heterocycles. The second kappa shape index (κ2) is 9.52. The van der Waals surface area contributed by atoms with Crippen molar-refractivity contribution in [3.8, 4) is 5.75 Å². The summed E-state index contributed by atoms with van der Waals surface area (Å²) in [6.07, 6.45) is 2.97. The zero-order valence-electron chi connectivity index (χ0n) is 17.7. The van der Waals surface area contributed by atoms with Crippen molar-refractivity contribution in [2.45, 2.75) is 26.7 Å². The van der Waals surface area contributed by atoms with Gasteiger partial charge in [0.25, 0.3) is 0 Å². The largest absolute Gasteiger partial charge is 0.490 e. The molecule has 0 fully saturated rings. The topological polar surface area (TPSA) is 54.5 Å². The standard InChI is InChI=1S/C24H29N3O2/c1-5-9-21(28)19-16-25-24-18(11-8-13-22(24)29-15-14-27(3)4)23(19)26-20-12-7-6-10-17(20)2/h6-8,10-13,16H,5,9,14-15H2,1-4H3,(H,25,26). The van der Waals surface area contributed by atoms with E-state index < -0.39 is 0 Å². The van der Waals surface area contributed by atoms with E-state index in [1.807, 2.05) is 57.4 Å².